The number of halogens is 1. The van der Waals surface area contributed by atoms with E-state index in [0.29, 0.717) is 24.5 Å². The summed E-state index contributed by atoms with van der Waals surface area (Å²) >= 11 is 3.23. The monoisotopic (exact) mass is 284 g/mol. The SMILES string of the molecule is C=C(Br)CNc1ccc(C(=O)OCC)cn1. The van der Waals surface area contributed by atoms with Crippen LogP contribution >= 0.6 is 15.9 Å². The molecule has 1 aromatic heterocycles. The number of anilines is 1. The number of hydrogen-bond acceptors (Lipinski definition) is 4. The second-order valence-electron chi connectivity index (χ2n) is 3.02. The van der Waals surface area contributed by atoms with E-state index in [-0.39, 0.29) is 5.97 Å². The van der Waals surface area contributed by atoms with E-state index < -0.39 is 0 Å². The average Bonchev–Trinajstić information content (AvgIpc) is 2.27. The van der Waals surface area contributed by atoms with Gasteiger partial charge in [-0.25, -0.2) is 9.78 Å². The fraction of sp³-hybridized carbons (Fsp3) is 0.273. The molecule has 0 fully saturated rings. The minimum absolute atomic E-state index is 0.355. The van der Waals surface area contributed by atoms with Gasteiger partial charge in [-0.3, -0.25) is 0 Å². The van der Waals surface area contributed by atoms with Crippen LogP contribution in [-0.2, 0) is 4.74 Å². The number of pyridine rings is 1. The van der Waals surface area contributed by atoms with Crippen molar-refractivity contribution in [2.75, 3.05) is 18.5 Å². The van der Waals surface area contributed by atoms with Gasteiger partial charge in [0.15, 0.2) is 0 Å². The van der Waals surface area contributed by atoms with Gasteiger partial charge < -0.3 is 10.1 Å². The first-order chi connectivity index (χ1) is 7.63. The summed E-state index contributed by atoms with van der Waals surface area (Å²) in [5, 5.41) is 3.03. The van der Waals surface area contributed by atoms with E-state index >= 15 is 0 Å². The van der Waals surface area contributed by atoms with E-state index in [1.807, 2.05) is 0 Å². The highest BCUT2D eigenvalue weighted by Crippen LogP contribution is 2.08. The molecule has 16 heavy (non-hydrogen) atoms. The van der Waals surface area contributed by atoms with E-state index in [9.17, 15) is 4.79 Å². The Bertz CT molecular complexity index is 376. The van der Waals surface area contributed by atoms with Gasteiger partial charge in [0, 0.05) is 17.2 Å². The highest BCUT2D eigenvalue weighted by atomic mass is 79.9. The van der Waals surface area contributed by atoms with Gasteiger partial charge in [0.05, 0.1) is 12.2 Å². The van der Waals surface area contributed by atoms with Crippen molar-refractivity contribution in [2.24, 2.45) is 0 Å². The normalized spacial score (nSPS) is 9.62. The van der Waals surface area contributed by atoms with Crippen LogP contribution in [-0.4, -0.2) is 24.1 Å². The minimum atomic E-state index is -0.355. The van der Waals surface area contributed by atoms with Crippen molar-refractivity contribution in [3.63, 3.8) is 0 Å². The predicted molar refractivity (Wildman–Crippen MR) is 66.8 cm³/mol. The van der Waals surface area contributed by atoms with E-state index in [0.717, 1.165) is 4.48 Å². The van der Waals surface area contributed by atoms with Crippen LogP contribution < -0.4 is 5.32 Å². The van der Waals surface area contributed by atoms with Gasteiger partial charge in [0.1, 0.15) is 5.82 Å². The minimum Gasteiger partial charge on any atom is -0.462 e. The van der Waals surface area contributed by atoms with Gasteiger partial charge in [0.2, 0.25) is 0 Å². The van der Waals surface area contributed by atoms with Crippen molar-refractivity contribution in [1.29, 1.82) is 0 Å². The van der Waals surface area contributed by atoms with Gasteiger partial charge in [-0.1, -0.05) is 22.5 Å². The summed E-state index contributed by atoms with van der Waals surface area (Å²) in [5.41, 5.74) is 0.449. The maximum atomic E-state index is 11.3. The molecule has 0 spiro atoms. The molecule has 0 bridgehead atoms. The zero-order chi connectivity index (χ0) is 12.0. The topological polar surface area (TPSA) is 51.2 Å². The van der Waals surface area contributed by atoms with Crippen LogP contribution in [0.1, 0.15) is 17.3 Å². The standard InChI is InChI=1S/C11H13BrN2O2/c1-3-16-11(15)9-4-5-10(14-7-9)13-6-8(2)12/h4-5,7H,2-3,6H2,1H3,(H,13,14). The molecule has 0 unspecified atom stereocenters. The van der Waals surface area contributed by atoms with E-state index in [4.69, 9.17) is 4.74 Å². The third-order valence-corrected chi connectivity index (χ3v) is 2.02. The molecule has 0 aromatic carbocycles. The molecule has 0 atom stereocenters. The number of carbonyl (C=O) groups excluding carboxylic acids is 1. The molecule has 4 nitrogen and oxygen atoms in total. The molecule has 0 aliphatic heterocycles. The van der Waals surface area contributed by atoms with Gasteiger partial charge in [0.25, 0.3) is 0 Å². The quantitative estimate of drug-likeness (QED) is 0.845. The van der Waals surface area contributed by atoms with Crippen molar-refractivity contribution in [3.8, 4) is 0 Å². The van der Waals surface area contributed by atoms with Gasteiger partial charge in [-0.15, -0.1) is 0 Å². The predicted octanol–water partition coefficient (Wildman–Crippen LogP) is 2.58. The number of carbonyl (C=O) groups is 1. The smallest absolute Gasteiger partial charge is 0.339 e. The van der Waals surface area contributed by atoms with Gasteiger partial charge in [-0.05, 0) is 19.1 Å². The Labute approximate surface area is 103 Å². The molecule has 0 radical (unpaired) electrons. The number of ether oxygens (including phenoxy) is 1. The van der Waals surface area contributed by atoms with Crippen molar-refractivity contribution in [1.82, 2.24) is 4.98 Å². The summed E-state index contributed by atoms with van der Waals surface area (Å²) in [7, 11) is 0. The molecule has 0 aliphatic carbocycles. The molecule has 0 amide bonds. The summed E-state index contributed by atoms with van der Waals surface area (Å²) in [6.07, 6.45) is 1.48. The highest BCUT2D eigenvalue weighted by Gasteiger charge is 2.06. The van der Waals surface area contributed by atoms with Crippen molar-refractivity contribution in [2.45, 2.75) is 6.92 Å². The van der Waals surface area contributed by atoms with E-state index in [1.54, 1.807) is 19.1 Å². The van der Waals surface area contributed by atoms with Crippen LogP contribution in [0.2, 0.25) is 0 Å². The van der Waals surface area contributed by atoms with Crippen molar-refractivity contribution >= 4 is 27.7 Å². The summed E-state index contributed by atoms with van der Waals surface area (Å²) < 4.78 is 5.68. The summed E-state index contributed by atoms with van der Waals surface area (Å²) in [5.74, 6) is 0.333. The van der Waals surface area contributed by atoms with Crippen molar-refractivity contribution in [3.05, 3.63) is 35.0 Å². The maximum Gasteiger partial charge on any atom is 0.339 e. The Kier molecular flexibility index (Phi) is 4.98. The second kappa shape index (κ2) is 6.27. The molecule has 1 N–H and O–H groups in total. The Hall–Kier alpha value is -1.36. The third-order valence-electron chi connectivity index (χ3n) is 1.74. The Morgan fingerprint density at radius 2 is 2.38 bits per heavy atom. The molecule has 1 heterocycles. The molecular weight excluding hydrogens is 272 g/mol. The molecule has 5 heteroatoms. The number of nitrogens with one attached hydrogen (secondary N) is 1. The van der Waals surface area contributed by atoms with Crippen LogP contribution in [0.4, 0.5) is 5.82 Å². The molecule has 0 aliphatic rings. The lowest BCUT2D eigenvalue weighted by Gasteiger charge is -2.05. The Balaban J connectivity index is 2.60. The largest absolute Gasteiger partial charge is 0.462 e. The molecule has 0 saturated heterocycles. The van der Waals surface area contributed by atoms with Crippen LogP contribution in [0.15, 0.2) is 29.4 Å². The van der Waals surface area contributed by atoms with Gasteiger partial charge in [-0.2, -0.15) is 0 Å². The highest BCUT2D eigenvalue weighted by molar-refractivity contribution is 9.11. The van der Waals surface area contributed by atoms with E-state index in [1.165, 1.54) is 6.20 Å². The lowest BCUT2D eigenvalue weighted by Crippen LogP contribution is -2.07. The first-order valence-electron chi connectivity index (χ1n) is 4.83. The zero-order valence-electron chi connectivity index (χ0n) is 9.00. The Morgan fingerprint density at radius 3 is 2.88 bits per heavy atom. The molecule has 86 valence electrons. The summed E-state index contributed by atoms with van der Waals surface area (Å²) in [6, 6.07) is 3.40. The number of nitrogens with zero attached hydrogens (tertiary/aromatic N) is 1. The first-order valence-corrected chi connectivity index (χ1v) is 5.63. The fourth-order valence-electron chi connectivity index (χ4n) is 1.02. The molecule has 0 saturated carbocycles. The lowest BCUT2D eigenvalue weighted by atomic mass is 10.3. The summed E-state index contributed by atoms with van der Waals surface area (Å²) in [4.78, 5) is 15.4. The average molecular weight is 285 g/mol. The number of hydrogen-bond donors (Lipinski definition) is 1. The lowest BCUT2D eigenvalue weighted by molar-refractivity contribution is 0.0526. The first kappa shape index (κ1) is 12.7. The van der Waals surface area contributed by atoms with Crippen LogP contribution in [0, 0.1) is 0 Å². The molecule has 1 aromatic rings. The second-order valence-corrected chi connectivity index (χ2v) is 4.14. The van der Waals surface area contributed by atoms with E-state index in [2.05, 4.69) is 32.8 Å². The number of aromatic nitrogens is 1. The third kappa shape index (κ3) is 4.02. The van der Waals surface area contributed by atoms with Crippen LogP contribution in [0.25, 0.3) is 0 Å². The fourth-order valence-corrected chi connectivity index (χ4v) is 1.16. The molecular formula is C11H13BrN2O2. The van der Waals surface area contributed by atoms with Crippen molar-refractivity contribution < 1.29 is 9.53 Å². The van der Waals surface area contributed by atoms with Crippen LogP contribution in [0.3, 0.4) is 0 Å². The maximum absolute atomic E-state index is 11.3. The Morgan fingerprint density at radius 1 is 1.62 bits per heavy atom. The van der Waals surface area contributed by atoms with Gasteiger partial charge >= 0.3 is 5.97 Å². The molecule has 1 rings (SSSR count). The number of rotatable bonds is 5. The zero-order valence-corrected chi connectivity index (χ0v) is 10.6. The van der Waals surface area contributed by atoms with Crippen LogP contribution in [0.5, 0.6) is 0 Å². The summed E-state index contributed by atoms with van der Waals surface area (Å²) in [6.45, 7) is 6.41. The number of esters is 1.